The van der Waals surface area contributed by atoms with Gasteiger partial charge in [0.1, 0.15) is 5.82 Å². The van der Waals surface area contributed by atoms with Gasteiger partial charge >= 0.3 is 0 Å². The number of aliphatic hydroxyl groups is 1. The molecule has 0 saturated heterocycles. The molecule has 2 rings (SSSR count). The zero-order valence-electron chi connectivity index (χ0n) is 9.02. The van der Waals surface area contributed by atoms with Crippen LogP contribution >= 0.6 is 0 Å². The number of benzene rings is 1. The molecule has 17 heavy (non-hydrogen) atoms. The third-order valence-electron chi connectivity index (χ3n) is 2.94. The van der Waals surface area contributed by atoms with Crippen molar-refractivity contribution >= 4 is 11.6 Å². The van der Waals surface area contributed by atoms with Crippen LogP contribution in [0.2, 0.25) is 0 Å². The maximum absolute atomic E-state index is 13.5. The molecule has 0 aromatic heterocycles. The van der Waals surface area contributed by atoms with Gasteiger partial charge in [0.25, 0.3) is 0 Å². The summed E-state index contributed by atoms with van der Waals surface area (Å²) in [5.74, 6) is -1.71. The summed E-state index contributed by atoms with van der Waals surface area (Å²) in [5, 5.41) is 8.77. The summed E-state index contributed by atoms with van der Waals surface area (Å²) in [7, 11) is 0. The van der Waals surface area contributed by atoms with E-state index in [1.165, 1.54) is 6.07 Å². The lowest BCUT2D eigenvalue weighted by Gasteiger charge is -2.21. The monoisotopic (exact) mass is 234 g/mol. The summed E-state index contributed by atoms with van der Waals surface area (Å²) in [6, 6.07) is 6.12. The Hall–Kier alpha value is -1.97. The fraction of sp³-hybridized carbons (Fsp3) is 0.231. The van der Waals surface area contributed by atoms with E-state index in [1.807, 2.05) is 0 Å². The van der Waals surface area contributed by atoms with E-state index in [2.05, 4.69) is 0 Å². The quantitative estimate of drug-likeness (QED) is 0.460. The number of allylic oxidation sites excluding steroid dienone is 1. The van der Waals surface area contributed by atoms with Crippen LogP contribution in [0.15, 0.2) is 36.1 Å². The van der Waals surface area contributed by atoms with Crippen molar-refractivity contribution in [2.75, 3.05) is 0 Å². The van der Waals surface area contributed by atoms with Crippen molar-refractivity contribution in [2.24, 2.45) is 0 Å². The van der Waals surface area contributed by atoms with Crippen molar-refractivity contribution in [3.05, 3.63) is 47.5 Å². The second-order valence-corrected chi connectivity index (χ2v) is 4.02. The van der Waals surface area contributed by atoms with Gasteiger partial charge in [0, 0.05) is 18.8 Å². The zero-order chi connectivity index (χ0) is 12.4. The van der Waals surface area contributed by atoms with Crippen LogP contribution in [0.4, 0.5) is 4.39 Å². The predicted molar refractivity (Wildman–Crippen MR) is 59.1 cm³/mol. The molecule has 3 nitrogen and oxygen atoms in total. The van der Waals surface area contributed by atoms with Gasteiger partial charge in [-0.2, -0.15) is 0 Å². The van der Waals surface area contributed by atoms with Crippen molar-refractivity contribution in [3.63, 3.8) is 0 Å². The lowest BCUT2D eigenvalue weighted by molar-refractivity contribution is -0.124. The fourth-order valence-corrected chi connectivity index (χ4v) is 2.07. The van der Waals surface area contributed by atoms with Crippen molar-refractivity contribution in [3.8, 4) is 0 Å². The maximum Gasteiger partial charge on any atom is 0.170 e. The Morgan fingerprint density at radius 3 is 2.29 bits per heavy atom. The van der Waals surface area contributed by atoms with E-state index in [-0.39, 0.29) is 18.4 Å². The molecule has 88 valence electrons. The van der Waals surface area contributed by atoms with Gasteiger partial charge in [-0.15, -0.1) is 0 Å². The highest BCUT2D eigenvalue weighted by Gasteiger charge is 2.32. The van der Waals surface area contributed by atoms with E-state index < -0.39 is 23.3 Å². The van der Waals surface area contributed by atoms with E-state index in [0.717, 1.165) is 0 Å². The highest BCUT2D eigenvalue weighted by atomic mass is 19.1. The molecule has 0 unspecified atom stereocenters. The number of ketones is 2. The molecule has 0 atom stereocenters. The molecule has 1 saturated carbocycles. The molecule has 0 bridgehead atoms. The van der Waals surface area contributed by atoms with E-state index in [9.17, 15) is 14.0 Å². The highest BCUT2D eigenvalue weighted by Crippen LogP contribution is 2.32. The van der Waals surface area contributed by atoms with Gasteiger partial charge in [-0.25, -0.2) is 4.39 Å². The normalized spacial score (nSPS) is 20.5. The Kier molecular flexibility index (Phi) is 3.04. The predicted octanol–water partition coefficient (Wildman–Crippen LogP) is 2.28. The molecule has 0 aliphatic heterocycles. The standard InChI is InChI=1S/C13H11FO3/c14-11-4-2-1-3-9(11)8-5-12(16)10(7-15)13(17)6-8/h1-4,7-8,15H,5-6H2. The van der Waals surface area contributed by atoms with Crippen molar-refractivity contribution in [2.45, 2.75) is 18.8 Å². The van der Waals surface area contributed by atoms with Gasteiger partial charge in [-0.1, -0.05) is 18.2 Å². The minimum Gasteiger partial charge on any atom is -0.515 e. The van der Waals surface area contributed by atoms with Crippen molar-refractivity contribution in [1.82, 2.24) is 0 Å². The Morgan fingerprint density at radius 1 is 1.18 bits per heavy atom. The number of hydrogen-bond acceptors (Lipinski definition) is 3. The second kappa shape index (κ2) is 4.49. The Balaban J connectivity index is 2.30. The third-order valence-corrected chi connectivity index (χ3v) is 2.94. The fourth-order valence-electron chi connectivity index (χ4n) is 2.07. The minimum absolute atomic E-state index is 0.0546. The number of aliphatic hydroxyl groups excluding tert-OH is 1. The number of carbonyl (C=O) groups is 2. The molecular formula is C13H11FO3. The number of rotatable bonds is 1. The average molecular weight is 234 g/mol. The first-order valence-corrected chi connectivity index (χ1v) is 5.28. The Bertz CT molecular complexity index is 485. The molecule has 0 radical (unpaired) electrons. The number of carbonyl (C=O) groups excluding carboxylic acids is 2. The van der Waals surface area contributed by atoms with Crippen LogP contribution in [0.3, 0.4) is 0 Å². The molecule has 1 aromatic carbocycles. The summed E-state index contributed by atoms with van der Waals surface area (Å²) in [6.45, 7) is 0. The van der Waals surface area contributed by atoms with Crippen LogP contribution in [0, 0.1) is 5.82 Å². The van der Waals surface area contributed by atoms with E-state index in [0.29, 0.717) is 11.8 Å². The smallest absolute Gasteiger partial charge is 0.170 e. The molecule has 4 heteroatoms. The van der Waals surface area contributed by atoms with E-state index in [4.69, 9.17) is 5.11 Å². The summed E-state index contributed by atoms with van der Waals surface area (Å²) < 4.78 is 13.5. The average Bonchev–Trinajstić information content (AvgIpc) is 2.29. The largest absolute Gasteiger partial charge is 0.515 e. The second-order valence-electron chi connectivity index (χ2n) is 4.02. The van der Waals surface area contributed by atoms with Gasteiger partial charge in [-0.05, 0) is 11.6 Å². The van der Waals surface area contributed by atoms with E-state index >= 15 is 0 Å². The lowest BCUT2D eigenvalue weighted by Crippen LogP contribution is -2.25. The molecule has 0 spiro atoms. The van der Waals surface area contributed by atoms with Gasteiger partial charge < -0.3 is 5.11 Å². The zero-order valence-corrected chi connectivity index (χ0v) is 9.02. The van der Waals surface area contributed by atoms with Gasteiger partial charge in [-0.3, -0.25) is 9.59 Å². The SMILES string of the molecule is O=C1CC(c2ccccc2F)CC(=O)C1=CO. The minimum atomic E-state index is -0.433. The van der Waals surface area contributed by atoms with Crippen molar-refractivity contribution in [1.29, 1.82) is 0 Å². The third kappa shape index (κ3) is 2.11. The van der Waals surface area contributed by atoms with Crippen LogP contribution in [0.25, 0.3) is 0 Å². The molecule has 1 aliphatic carbocycles. The molecule has 1 aliphatic rings. The van der Waals surface area contributed by atoms with Gasteiger partial charge in [0.05, 0.1) is 11.8 Å². The van der Waals surface area contributed by atoms with Crippen molar-refractivity contribution < 1.29 is 19.1 Å². The van der Waals surface area contributed by atoms with Gasteiger partial charge in [0.15, 0.2) is 11.6 Å². The summed E-state index contributed by atoms with van der Waals surface area (Å²) in [4.78, 5) is 23.1. The highest BCUT2D eigenvalue weighted by molar-refractivity contribution is 6.22. The first-order chi connectivity index (χ1) is 8.13. The molecule has 0 amide bonds. The van der Waals surface area contributed by atoms with Crippen LogP contribution in [0.5, 0.6) is 0 Å². The molecule has 1 N–H and O–H groups in total. The summed E-state index contributed by atoms with van der Waals surface area (Å²) in [5.41, 5.74) is 0.198. The van der Waals surface area contributed by atoms with Crippen LogP contribution in [0.1, 0.15) is 24.3 Å². The van der Waals surface area contributed by atoms with Gasteiger partial charge in [0.2, 0.25) is 0 Å². The van der Waals surface area contributed by atoms with Crippen LogP contribution in [-0.4, -0.2) is 16.7 Å². The van der Waals surface area contributed by atoms with Crippen LogP contribution < -0.4 is 0 Å². The summed E-state index contributed by atoms with van der Waals surface area (Å²) in [6.07, 6.45) is 0.653. The molecular weight excluding hydrogens is 223 g/mol. The number of Topliss-reactive ketones (excluding diaryl/α,β-unsaturated/α-hetero) is 2. The van der Waals surface area contributed by atoms with E-state index in [1.54, 1.807) is 18.2 Å². The van der Waals surface area contributed by atoms with Crippen LogP contribution in [-0.2, 0) is 9.59 Å². The summed E-state index contributed by atoms with van der Waals surface area (Å²) >= 11 is 0. The molecule has 1 fully saturated rings. The number of halogens is 1. The maximum atomic E-state index is 13.5. The first kappa shape index (κ1) is 11.5. The molecule has 1 aromatic rings. The molecule has 0 heterocycles. The topological polar surface area (TPSA) is 54.4 Å². The lowest BCUT2D eigenvalue weighted by atomic mass is 9.80. The number of hydrogen-bond donors (Lipinski definition) is 1. The Labute approximate surface area is 97.6 Å². The Morgan fingerprint density at radius 2 is 1.76 bits per heavy atom. The first-order valence-electron chi connectivity index (χ1n) is 5.28.